The first-order valence-corrected chi connectivity index (χ1v) is 12.8. The monoisotopic (exact) mass is 517 g/mol. The Balaban J connectivity index is 1.40. The summed E-state index contributed by atoms with van der Waals surface area (Å²) in [5.74, 6) is -0.0413. The van der Waals surface area contributed by atoms with Crippen molar-refractivity contribution in [2.24, 2.45) is 4.40 Å². The maximum atomic E-state index is 12.6. The molecular formula is C23H24ClN5O5S. The van der Waals surface area contributed by atoms with Crippen LogP contribution in [-0.2, 0) is 14.8 Å². The normalized spacial score (nSPS) is 16.5. The number of benzene rings is 2. The minimum Gasteiger partial charge on any atom is -0.442 e. The summed E-state index contributed by atoms with van der Waals surface area (Å²) >= 11 is 5.99. The molecule has 1 aliphatic rings. The molecular weight excluding hydrogens is 494 g/mol. The number of fused-ring (bicyclic) bond motifs is 1. The molecule has 1 fully saturated rings. The van der Waals surface area contributed by atoms with Gasteiger partial charge in [-0.25, -0.2) is 13.2 Å². The van der Waals surface area contributed by atoms with Gasteiger partial charge in [0.1, 0.15) is 17.6 Å². The Kier molecular flexibility index (Phi) is 6.73. The van der Waals surface area contributed by atoms with Gasteiger partial charge in [-0.05, 0) is 42.5 Å². The number of aromatic amines is 1. The molecule has 0 radical (unpaired) electrons. The number of carbonyl (C=O) groups excluding carboxylic acids is 2. The summed E-state index contributed by atoms with van der Waals surface area (Å²) in [4.78, 5) is 31.1. The van der Waals surface area contributed by atoms with Crippen molar-refractivity contribution in [2.75, 3.05) is 38.3 Å². The minimum atomic E-state index is -3.58. The number of ether oxygens (including phenoxy) is 1. The fourth-order valence-corrected chi connectivity index (χ4v) is 4.46. The van der Waals surface area contributed by atoms with E-state index in [4.69, 9.17) is 16.3 Å². The largest absolute Gasteiger partial charge is 0.442 e. The number of carbonyl (C=O) groups is 2. The number of sulfonamides is 1. The van der Waals surface area contributed by atoms with Crippen LogP contribution in [0.3, 0.4) is 0 Å². The van der Waals surface area contributed by atoms with Gasteiger partial charge in [-0.3, -0.25) is 9.69 Å². The number of amidine groups is 1. The van der Waals surface area contributed by atoms with Crippen LogP contribution in [0.25, 0.3) is 10.9 Å². The first kappa shape index (κ1) is 24.6. The van der Waals surface area contributed by atoms with Crippen LogP contribution in [0.15, 0.2) is 52.9 Å². The number of nitrogens with zero attached hydrogens (tertiary/aromatic N) is 3. The fraction of sp³-hybridized carbons (Fsp3) is 0.261. The Hall–Kier alpha value is -3.57. The van der Waals surface area contributed by atoms with Gasteiger partial charge in [0, 0.05) is 41.3 Å². The number of hydrogen-bond acceptors (Lipinski definition) is 5. The average molecular weight is 518 g/mol. The lowest BCUT2D eigenvalue weighted by molar-refractivity contribution is 0.0912. The number of rotatable bonds is 6. The SMILES string of the molecule is CN(C)/C(=N\S(C)(=O)=O)c1ccc(N2CC(CNC(=O)c3cc4ccc(Cl)cc4[nH]3)OC2=O)cc1. The van der Waals surface area contributed by atoms with Crippen molar-refractivity contribution in [2.45, 2.75) is 6.10 Å². The lowest BCUT2D eigenvalue weighted by Gasteiger charge is -2.17. The van der Waals surface area contributed by atoms with Crippen LogP contribution in [0.4, 0.5) is 10.5 Å². The summed E-state index contributed by atoms with van der Waals surface area (Å²) in [6.45, 7) is 0.389. The number of halogens is 1. The van der Waals surface area contributed by atoms with Crippen LogP contribution in [0.5, 0.6) is 0 Å². The van der Waals surface area contributed by atoms with E-state index < -0.39 is 22.2 Å². The van der Waals surface area contributed by atoms with Crippen LogP contribution < -0.4 is 10.2 Å². The van der Waals surface area contributed by atoms with Crippen molar-refractivity contribution in [1.82, 2.24) is 15.2 Å². The Morgan fingerprint density at radius 3 is 2.60 bits per heavy atom. The third kappa shape index (κ3) is 5.75. The molecule has 1 unspecified atom stereocenters. The molecule has 2 aromatic carbocycles. The summed E-state index contributed by atoms with van der Waals surface area (Å²) in [5, 5.41) is 4.21. The molecule has 0 aliphatic carbocycles. The maximum absolute atomic E-state index is 12.6. The first-order valence-electron chi connectivity index (χ1n) is 10.6. The first-order chi connectivity index (χ1) is 16.5. The van der Waals surface area contributed by atoms with E-state index in [1.165, 1.54) is 4.90 Å². The molecule has 12 heteroatoms. The summed E-state index contributed by atoms with van der Waals surface area (Å²) in [7, 11) is -0.194. The van der Waals surface area contributed by atoms with Gasteiger partial charge in [-0.15, -0.1) is 4.40 Å². The summed E-state index contributed by atoms with van der Waals surface area (Å²) in [5.41, 5.74) is 2.30. The van der Waals surface area contributed by atoms with Crippen LogP contribution in [0, 0.1) is 0 Å². The van der Waals surface area contributed by atoms with Crippen LogP contribution in [0.2, 0.25) is 5.02 Å². The molecule has 3 aromatic rings. The van der Waals surface area contributed by atoms with Crippen LogP contribution in [-0.4, -0.2) is 75.7 Å². The van der Waals surface area contributed by atoms with Crippen molar-refractivity contribution >= 4 is 56.1 Å². The molecule has 0 saturated carbocycles. The fourth-order valence-electron chi connectivity index (χ4n) is 3.70. The standard InChI is InChI=1S/C23H24ClN5O5S/c1-28(2)21(27-35(3,32)33)14-5-8-17(9-6-14)29-13-18(34-23(29)31)12-25-22(30)20-10-15-4-7-16(24)11-19(15)26-20/h4-11,18,26H,12-13H2,1-3H3,(H,25,30)/b27-21-. The zero-order chi connectivity index (χ0) is 25.3. The average Bonchev–Trinajstić information content (AvgIpc) is 3.38. The van der Waals surface area contributed by atoms with Crippen molar-refractivity contribution in [1.29, 1.82) is 0 Å². The van der Waals surface area contributed by atoms with E-state index in [2.05, 4.69) is 14.7 Å². The van der Waals surface area contributed by atoms with Gasteiger partial charge in [0.25, 0.3) is 15.9 Å². The lowest BCUT2D eigenvalue weighted by atomic mass is 10.1. The van der Waals surface area contributed by atoms with E-state index in [0.717, 1.165) is 17.2 Å². The van der Waals surface area contributed by atoms with Crippen molar-refractivity contribution < 1.29 is 22.7 Å². The molecule has 2 N–H and O–H groups in total. The summed E-state index contributed by atoms with van der Waals surface area (Å²) in [6, 6.07) is 13.8. The summed E-state index contributed by atoms with van der Waals surface area (Å²) in [6.07, 6.45) is -0.0402. The molecule has 4 rings (SSSR count). The Morgan fingerprint density at radius 2 is 1.94 bits per heavy atom. The lowest BCUT2D eigenvalue weighted by Crippen LogP contribution is -2.34. The third-order valence-corrected chi connectivity index (χ3v) is 6.05. The Bertz CT molecular complexity index is 1420. The number of cyclic esters (lactones) is 1. The highest BCUT2D eigenvalue weighted by atomic mass is 35.5. The van der Waals surface area contributed by atoms with Crippen LogP contribution in [0.1, 0.15) is 16.1 Å². The van der Waals surface area contributed by atoms with Crippen molar-refractivity contribution in [3.05, 3.63) is 64.8 Å². The number of amides is 2. The molecule has 2 heterocycles. The number of nitrogens with one attached hydrogen (secondary N) is 2. The van der Waals surface area contributed by atoms with Gasteiger partial charge >= 0.3 is 6.09 Å². The molecule has 1 aliphatic heterocycles. The molecule has 10 nitrogen and oxygen atoms in total. The van der Waals surface area contributed by atoms with Gasteiger partial charge in [0.2, 0.25) is 0 Å². The quantitative estimate of drug-likeness (QED) is 0.383. The third-order valence-electron chi connectivity index (χ3n) is 5.31. The topological polar surface area (TPSA) is 124 Å². The van der Waals surface area contributed by atoms with Crippen LogP contribution >= 0.6 is 11.6 Å². The summed E-state index contributed by atoms with van der Waals surface area (Å²) < 4.78 is 32.4. The van der Waals surface area contributed by atoms with E-state index in [1.54, 1.807) is 61.5 Å². The van der Waals surface area contributed by atoms with Crippen molar-refractivity contribution in [3.63, 3.8) is 0 Å². The maximum Gasteiger partial charge on any atom is 0.414 e. The molecule has 0 spiro atoms. The van der Waals surface area contributed by atoms with Crippen molar-refractivity contribution in [3.8, 4) is 0 Å². The van der Waals surface area contributed by atoms with Gasteiger partial charge < -0.3 is 19.9 Å². The number of aromatic nitrogens is 1. The Morgan fingerprint density at radius 1 is 1.23 bits per heavy atom. The molecule has 1 saturated heterocycles. The minimum absolute atomic E-state index is 0.140. The number of H-pyrrole nitrogens is 1. The number of hydrogen-bond donors (Lipinski definition) is 2. The van der Waals surface area contributed by atoms with E-state index in [0.29, 0.717) is 22.0 Å². The predicted molar refractivity (Wildman–Crippen MR) is 135 cm³/mol. The van der Waals surface area contributed by atoms with Gasteiger partial charge in [0.15, 0.2) is 0 Å². The van der Waals surface area contributed by atoms with E-state index in [9.17, 15) is 18.0 Å². The zero-order valence-electron chi connectivity index (χ0n) is 19.3. The molecule has 0 bridgehead atoms. The molecule has 35 heavy (non-hydrogen) atoms. The second-order valence-corrected chi connectivity index (χ2v) is 10.4. The molecule has 1 atom stereocenters. The Labute approximate surface area is 207 Å². The van der Waals surface area contributed by atoms with Gasteiger partial charge in [0.05, 0.1) is 19.3 Å². The van der Waals surface area contributed by atoms with E-state index in [-0.39, 0.29) is 24.8 Å². The highest BCUT2D eigenvalue weighted by Gasteiger charge is 2.32. The molecule has 184 valence electrons. The predicted octanol–water partition coefficient (Wildman–Crippen LogP) is 2.84. The van der Waals surface area contributed by atoms with E-state index in [1.807, 2.05) is 6.07 Å². The zero-order valence-corrected chi connectivity index (χ0v) is 20.9. The smallest absolute Gasteiger partial charge is 0.414 e. The second-order valence-electron chi connectivity index (χ2n) is 8.33. The number of anilines is 1. The molecule has 1 aromatic heterocycles. The highest BCUT2D eigenvalue weighted by Crippen LogP contribution is 2.23. The van der Waals surface area contributed by atoms with E-state index >= 15 is 0 Å². The molecule has 2 amide bonds. The van der Waals surface area contributed by atoms with Gasteiger partial charge in [-0.2, -0.15) is 0 Å². The van der Waals surface area contributed by atoms with Gasteiger partial charge in [-0.1, -0.05) is 17.7 Å². The second kappa shape index (κ2) is 9.59. The highest BCUT2D eigenvalue weighted by molar-refractivity contribution is 7.89.